The molecular weight excluding hydrogens is 284 g/mol. The number of hydrogen-bond acceptors (Lipinski definition) is 2. The Morgan fingerprint density at radius 1 is 1.14 bits per heavy atom. The lowest BCUT2D eigenvalue weighted by molar-refractivity contribution is 0.282. The second-order valence-electron chi connectivity index (χ2n) is 5.42. The van der Waals surface area contributed by atoms with Crippen molar-refractivity contribution >= 4 is 10.0 Å². The SMILES string of the molecule is CCc1ccc(S(=O)(=O)N2CCn3cccc3[C@H]2C)cc1. The first-order valence-electron chi connectivity index (χ1n) is 7.30. The van der Waals surface area contributed by atoms with Crippen LogP contribution in [0, 0.1) is 0 Å². The topological polar surface area (TPSA) is 42.3 Å². The van der Waals surface area contributed by atoms with Gasteiger partial charge in [0.25, 0.3) is 0 Å². The number of nitrogens with zero attached hydrogens (tertiary/aromatic N) is 2. The predicted octanol–water partition coefficient (Wildman–Crippen LogP) is 2.82. The second kappa shape index (κ2) is 5.31. The molecule has 1 atom stereocenters. The Hall–Kier alpha value is -1.59. The largest absolute Gasteiger partial charge is 0.349 e. The van der Waals surface area contributed by atoms with Crippen LogP contribution in [0.25, 0.3) is 0 Å². The molecule has 0 radical (unpaired) electrons. The molecule has 4 nitrogen and oxygen atoms in total. The molecule has 5 heteroatoms. The van der Waals surface area contributed by atoms with E-state index in [1.54, 1.807) is 16.4 Å². The van der Waals surface area contributed by atoms with Crippen LogP contribution in [0.1, 0.15) is 31.1 Å². The van der Waals surface area contributed by atoms with Gasteiger partial charge in [-0.3, -0.25) is 0 Å². The van der Waals surface area contributed by atoms with Gasteiger partial charge in [0.15, 0.2) is 0 Å². The molecule has 1 aliphatic heterocycles. The first kappa shape index (κ1) is 14.4. The number of sulfonamides is 1. The van der Waals surface area contributed by atoms with E-state index >= 15 is 0 Å². The molecule has 0 bridgehead atoms. The van der Waals surface area contributed by atoms with Crippen LogP contribution in [0.3, 0.4) is 0 Å². The van der Waals surface area contributed by atoms with Gasteiger partial charge in [0.2, 0.25) is 10.0 Å². The van der Waals surface area contributed by atoms with Crippen LogP contribution in [0.5, 0.6) is 0 Å². The van der Waals surface area contributed by atoms with Gasteiger partial charge in [0.1, 0.15) is 0 Å². The fourth-order valence-electron chi connectivity index (χ4n) is 2.92. The molecule has 0 N–H and O–H groups in total. The van der Waals surface area contributed by atoms with Crippen molar-refractivity contribution < 1.29 is 8.42 Å². The zero-order chi connectivity index (χ0) is 15.0. The van der Waals surface area contributed by atoms with Gasteiger partial charge in [-0.15, -0.1) is 0 Å². The first-order chi connectivity index (χ1) is 10.0. The van der Waals surface area contributed by atoms with Gasteiger partial charge in [-0.2, -0.15) is 4.31 Å². The maximum Gasteiger partial charge on any atom is 0.243 e. The minimum atomic E-state index is -3.44. The Morgan fingerprint density at radius 3 is 2.52 bits per heavy atom. The molecule has 0 aliphatic carbocycles. The maximum absolute atomic E-state index is 12.8. The van der Waals surface area contributed by atoms with E-state index in [1.807, 2.05) is 37.4 Å². The quantitative estimate of drug-likeness (QED) is 0.875. The molecule has 0 saturated heterocycles. The highest BCUT2D eigenvalue weighted by Crippen LogP contribution is 2.31. The molecule has 0 unspecified atom stereocenters. The number of fused-ring (bicyclic) bond motifs is 1. The average molecular weight is 304 g/mol. The number of rotatable bonds is 3. The van der Waals surface area contributed by atoms with E-state index < -0.39 is 10.0 Å². The summed E-state index contributed by atoms with van der Waals surface area (Å²) in [6, 6.07) is 11.0. The monoisotopic (exact) mass is 304 g/mol. The Kier molecular flexibility index (Phi) is 3.63. The van der Waals surface area contributed by atoms with Crippen molar-refractivity contribution in [2.24, 2.45) is 0 Å². The average Bonchev–Trinajstić information content (AvgIpc) is 2.97. The molecule has 112 valence electrons. The summed E-state index contributed by atoms with van der Waals surface area (Å²) in [6.45, 7) is 5.23. The van der Waals surface area contributed by atoms with Crippen molar-refractivity contribution in [1.29, 1.82) is 0 Å². The summed E-state index contributed by atoms with van der Waals surface area (Å²) in [5.74, 6) is 0. The molecule has 0 amide bonds. The van der Waals surface area contributed by atoms with E-state index in [4.69, 9.17) is 0 Å². The van der Waals surface area contributed by atoms with E-state index in [0.29, 0.717) is 18.0 Å². The van der Waals surface area contributed by atoms with Crippen molar-refractivity contribution in [1.82, 2.24) is 8.87 Å². The van der Waals surface area contributed by atoms with E-state index in [9.17, 15) is 8.42 Å². The normalized spacial score (nSPS) is 19.4. The lowest BCUT2D eigenvalue weighted by atomic mass is 10.2. The summed E-state index contributed by atoms with van der Waals surface area (Å²) in [5.41, 5.74) is 2.20. The molecule has 2 heterocycles. The van der Waals surface area contributed by atoms with E-state index in [0.717, 1.165) is 17.7 Å². The van der Waals surface area contributed by atoms with Crippen LogP contribution in [-0.2, 0) is 23.0 Å². The van der Waals surface area contributed by atoms with Gasteiger partial charge >= 0.3 is 0 Å². The van der Waals surface area contributed by atoms with Crippen molar-refractivity contribution in [3.05, 3.63) is 53.9 Å². The van der Waals surface area contributed by atoms with Crippen LogP contribution in [-0.4, -0.2) is 23.8 Å². The fraction of sp³-hybridized carbons (Fsp3) is 0.375. The Morgan fingerprint density at radius 2 is 1.86 bits per heavy atom. The smallest absolute Gasteiger partial charge is 0.243 e. The highest BCUT2D eigenvalue weighted by molar-refractivity contribution is 7.89. The molecule has 3 rings (SSSR count). The van der Waals surface area contributed by atoms with Gasteiger partial charge in [-0.1, -0.05) is 19.1 Å². The van der Waals surface area contributed by atoms with Gasteiger partial charge in [-0.25, -0.2) is 8.42 Å². The van der Waals surface area contributed by atoms with Crippen LogP contribution < -0.4 is 0 Å². The molecule has 2 aromatic rings. The van der Waals surface area contributed by atoms with Gasteiger partial charge in [0, 0.05) is 25.0 Å². The minimum Gasteiger partial charge on any atom is -0.349 e. The molecular formula is C16H20N2O2S. The lowest BCUT2D eigenvalue weighted by Crippen LogP contribution is -2.40. The predicted molar refractivity (Wildman–Crippen MR) is 82.6 cm³/mol. The van der Waals surface area contributed by atoms with Gasteiger partial charge in [0.05, 0.1) is 10.9 Å². The highest BCUT2D eigenvalue weighted by Gasteiger charge is 2.33. The highest BCUT2D eigenvalue weighted by atomic mass is 32.2. The fourth-order valence-corrected chi connectivity index (χ4v) is 4.52. The summed E-state index contributed by atoms with van der Waals surface area (Å²) in [4.78, 5) is 0.381. The summed E-state index contributed by atoms with van der Waals surface area (Å²) < 4.78 is 29.4. The molecule has 1 aromatic carbocycles. The number of aryl methyl sites for hydroxylation is 1. The zero-order valence-corrected chi connectivity index (χ0v) is 13.2. The number of aromatic nitrogens is 1. The van der Waals surface area contributed by atoms with Crippen LogP contribution in [0.15, 0.2) is 47.5 Å². The summed E-state index contributed by atoms with van der Waals surface area (Å²) in [7, 11) is -3.44. The Bertz CT molecular complexity index is 732. The minimum absolute atomic E-state index is 0.135. The molecule has 1 aliphatic rings. The lowest BCUT2D eigenvalue weighted by Gasteiger charge is -2.33. The van der Waals surface area contributed by atoms with E-state index in [-0.39, 0.29) is 6.04 Å². The zero-order valence-electron chi connectivity index (χ0n) is 12.4. The van der Waals surface area contributed by atoms with Crippen LogP contribution in [0.4, 0.5) is 0 Å². The van der Waals surface area contributed by atoms with Gasteiger partial charge in [-0.05, 0) is 43.2 Å². The van der Waals surface area contributed by atoms with Crippen LogP contribution >= 0.6 is 0 Å². The standard InChI is InChI=1S/C16H20N2O2S/c1-3-14-6-8-15(9-7-14)21(19,20)18-12-11-17-10-4-5-16(17)13(18)2/h4-10,13H,3,11-12H2,1-2H3/t13-/m1/s1. The third-order valence-electron chi connectivity index (χ3n) is 4.22. The number of benzene rings is 1. The Labute approximate surface area is 126 Å². The third-order valence-corrected chi connectivity index (χ3v) is 6.21. The van der Waals surface area contributed by atoms with Crippen molar-refractivity contribution in [2.45, 2.75) is 37.8 Å². The van der Waals surface area contributed by atoms with Crippen molar-refractivity contribution in [2.75, 3.05) is 6.54 Å². The number of hydrogen-bond donors (Lipinski definition) is 0. The summed E-state index contributed by atoms with van der Waals surface area (Å²) >= 11 is 0. The van der Waals surface area contributed by atoms with Crippen molar-refractivity contribution in [3.63, 3.8) is 0 Å². The summed E-state index contributed by atoms with van der Waals surface area (Å²) in [5, 5.41) is 0. The maximum atomic E-state index is 12.8. The Balaban J connectivity index is 1.95. The molecule has 1 aromatic heterocycles. The molecule has 0 saturated carbocycles. The molecule has 0 spiro atoms. The summed E-state index contributed by atoms with van der Waals surface area (Å²) in [6.07, 6.45) is 2.92. The second-order valence-corrected chi connectivity index (χ2v) is 7.31. The van der Waals surface area contributed by atoms with E-state index in [1.165, 1.54) is 0 Å². The third kappa shape index (κ3) is 2.40. The van der Waals surface area contributed by atoms with Crippen molar-refractivity contribution in [3.8, 4) is 0 Å². The molecule has 0 fully saturated rings. The van der Waals surface area contributed by atoms with Crippen LogP contribution in [0.2, 0.25) is 0 Å². The van der Waals surface area contributed by atoms with Gasteiger partial charge < -0.3 is 4.57 Å². The first-order valence-corrected chi connectivity index (χ1v) is 8.74. The van der Waals surface area contributed by atoms with E-state index in [2.05, 4.69) is 11.5 Å². The molecule has 21 heavy (non-hydrogen) atoms.